The number of carbonyl (C=O) groups is 1. The van der Waals surface area contributed by atoms with Gasteiger partial charge in [0.25, 0.3) is 6.47 Å². The maximum atomic E-state index is 10.3. The maximum Gasteiger partial charge on any atom is 0.293 e. The third kappa shape index (κ3) is 0.511. The first-order chi connectivity index (χ1) is 5.83. The fourth-order valence-electron chi connectivity index (χ4n) is 4.18. The van der Waals surface area contributed by atoms with Gasteiger partial charge in [-0.3, -0.25) is 4.79 Å². The standard InChI is InChI=1S/C10H14O2/c1-2-10-4-6-3-7(10)8(10)9(6)12-5-11/h5-9H,2-4H2,1H3/t6-,7+,8?,9?,10?/m0/s1. The Balaban J connectivity index is 1.85. The first-order valence-electron chi connectivity index (χ1n) is 4.92. The van der Waals surface area contributed by atoms with Crippen molar-refractivity contribution in [2.24, 2.45) is 23.2 Å². The molecule has 2 nitrogen and oxygen atoms in total. The zero-order valence-corrected chi connectivity index (χ0v) is 7.32. The summed E-state index contributed by atoms with van der Waals surface area (Å²) >= 11 is 0. The molecule has 12 heavy (non-hydrogen) atoms. The lowest BCUT2D eigenvalue weighted by Crippen LogP contribution is -2.15. The molecule has 0 saturated heterocycles. The van der Waals surface area contributed by atoms with Crippen molar-refractivity contribution in [1.29, 1.82) is 0 Å². The molecule has 0 aromatic rings. The van der Waals surface area contributed by atoms with Gasteiger partial charge in [-0.05, 0) is 36.5 Å². The van der Waals surface area contributed by atoms with Gasteiger partial charge in [0.2, 0.25) is 0 Å². The van der Waals surface area contributed by atoms with E-state index in [1.807, 2.05) is 0 Å². The van der Waals surface area contributed by atoms with Crippen molar-refractivity contribution in [3.8, 4) is 0 Å². The normalized spacial score (nSPS) is 58.8. The Morgan fingerprint density at radius 3 is 3.00 bits per heavy atom. The second kappa shape index (κ2) is 1.86. The molecule has 4 saturated carbocycles. The highest BCUT2D eigenvalue weighted by Gasteiger charge is 2.78. The Kier molecular flexibility index (Phi) is 1.07. The summed E-state index contributed by atoms with van der Waals surface area (Å²) in [5.74, 6) is 2.38. The highest BCUT2D eigenvalue weighted by Crippen LogP contribution is 2.80. The molecule has 4 aliphatic carbocycles. The molecule has 4 bridgehead atoms. The topological polar surface area (TPSA) is 26.3 Å². The molecule has 4 fully saturated rings. The largest absolute Gasteiger partial charge is 0.464 e. The molecule has 0 amide bonds. The lowest BCUT2D eigenvalue weighted by atomic mass is 10.0. The van der Waals surface area contributed by atoms with Gasteiger partial charge in [0.15, 0.2) is 0 Å². The molecule has 0 N–H and O–H groups in total. The van der Waals surface area contributed by atoms with Gasteiger partial charge in [0, 0.05) is 5.92 Å². The molecule has 0 aromatic heterocycles. The van der Waals surface area contributed by atoms with Crippen LogP contribution < -0.4 is 0 Å². The molecule has 4 aliphatic rings. The van der Waals surface area contributed by atoms with Crippen LogP contribution in [-0.2, 0) is 9.53 Å². The zero-order valence-electron chi connectivity index (χ0n) is 7.32. The summed E-state index contributed by atoms with van der Waals surface area (Å²) in [4.78, 5) is 10.3. The Morgan fingerprint density at radius 2 is 2.50 bits per heavy atom. The average Bonchev–Trinajstić information content (AvgIpc) is 2.49. The summed E-state index contributed by atoms with van der Waals surface area (Å²) < 4.78 is 5.16. The van der Waals surface area contributed by atoms with Crippen LogP contribution in [0.5, 0.6) is 0 Å². The molecule has 66 valence electrons. The molecule has 3 unspecified atom stereocenters. The second-order valence-electron chi connectivity index (χ2n) is 4.62. The molecule has 0 heterocycles. The van der Waals surface area contributed by atoms with E-state index in [1.165, 1.54) is 19.3 Å². The molecular formula is C10H14O2. The lowest BCUT2D eigenvalue weighted by molar-refractivity contribution is -0.135. The van der Waals surface area contributed by atoms with Crippen LogP contribution in [-0.4, -0.2) is 12.6 Å². The second-order valence-corrected chi connectivity index (χ2v) is 4.62. The van der Waals surface area contributed by atoms with Crippen molar-refractivity contribution in [2.75, 3.05) is 0 Å². The average molecular weight is 166 g/mol. The van der Waals surface area contributed by atoms with Crippen LogP contribution >= 0.6 is 0 Å². The quantitative estimate of drug-likeness (QED) is 0.595. The van der Waals surface area contributed by atoms with Gasteiger partial charge >= 0.3 is 0 Å². The minimum absolute atomic E-state index is 0.299. The highest BCUT2D eigenvalue weighted by atomic mass is 16.5. The summed E-state index contributed by atoms with van der Waals surface area (Å²) in [5.41, 5.74) is 0.623. The third-order valence-electron chi connectivity index (χ3n) is 4.62. The smallest absolute Gasteiger partial charge is 0.293 e. The molecule has 0 spiro atoms. The van der Waals surface area contributed by atoms with Gasteiger partial charge in [-0.15, -0.1) is 0 Å². The predicted octanol–water partition coefficient (Wildman–Crippen LogP) is 1.59. The first-order valence-corrected chi connectivity index (χ1v) is 4.92. The summed E-state index contributed by atoms with van der Waals surface area (Å²) in [5, 5.41) is 0. The molecule has 2 heteroatoms. The Morgan fingerprint density at radius 1 is 1.67 bits per heavy atom. The number of hydrogen-bond donors (Lipinski definition) is 0. The van der Waals surface area contributed by atoms with Crippen LogP contribution in [0.2, 0.25) is 0 Å². The van der Waals surface area contributed by atoms with E-state index >= 15 is 0 Å². The van der Waals surface area contributed by atoms with Gasteiger partial charge < -0.3 is 4.74 Å². The van der Waals surface area contributed by atoms with Crippen LogP contribution in [0.4, 0.5) is 0 Å². The van der Waals surface area contributed by atoms with Crippen molar-refractivity contribution in [1.82, 2.24) is 0 Å². The molecular weight excluding hydrogens is 152 g/mol. The first kappa shape index (κ1) is 6.93. The summed E-state index contributed by atoms with van der Waals surface area (Å²) in [6.45, 7) is 2.92. The van der Waals surface area contributed by atoms with E-state index < -0.39 is 0 Å². The number of carbonyl (C=O) groups excluding carboxylic acids is 1. The Bertz CT molecular complexity index is 238. The van der Waals surface area contributed by atoms with Gasteiger partial charge in [-0.25, -0.2) is 0 Å². The van der Waals surface area contributed by atoms with Crippen molar-refractivity contribution < 1.29 is 9.53 Å². The Labute approximate surface area is 72.3 Å². The minimum Gasteiger partial charge on any atom is -0.464 e. The van der Waals surface area contributed by atoms with Crippen molar-refractivity contribution in [2.45, 2.75) is 32.3 Å². The summed E-state index contributed by atoms with van der Waals surface area (Å²) in [6, 6.07) is 0. The molecule has 4 rings (SSSR count). The van der Waals surface area contributed by atoms with Crippen molar-refractivity contribution in [3.63, 3.8) is 0 Å². The van der Waals surface area contributed by atoms with Gasteiger partial charge in [0.05, 0.1) is 0 Å². The van der Waals surface area contributed by atoms with Gasteiger partial charge in [0.1, 0.15) is 6.10 Å². The maximum absolute atomic E-state index is 10.3. The highest BCUT2D eigenvalue weighted by molar-refractivity contribution is 5.40. The van der Waals surface area contributed by atoms with Crippen LogP contribution in [0.15, 0.2) is 0 Å². The van der Waals surface area contributed by atoms with Gasteiger partial charge in [-0.1, -0.05) is 6.92 Å². The molecule has 0 aromatic carbocycles. The Hall–Kier alpha value is -0.530. The number of hydrogen-bond acceptors (Lipinski definition) is 2. The third-order valence-corrected chi connectivity index (χ3v) is 4.62. The van der Waals surface area contributed by atoms with E-state index in [-0.39, 0.29) is 0 Å². The van der Waals surface area contributed by atoms with Crippen LogP contribution in [0, 0.1) is 23.2 Å². The predicted molar refractivity (Wildman–Crippen MR) is 43.4 cm³/mol. The SMILES string of the molecule is CCC12C[C@@H]3C[C@@H]1C2C3OC=O. The van der Waals surface area contributed by atoms with E-state index in [1.54, 1.807) is 0 Å². The fourth-order valence-corrected chi connectivity index (χ4v) is 4.18. The van der Waals surface area contributed by atoms with E-state index in [0.717, 1.165) is 11.8 Å². The van der Waals surface area contributed by atoms with E-state index in [9.17, 15) is 4.79 Å². The number of ether oxygens (including phenoxy) is 1. The van der Waals surface area contributed by atoms with Crippen molar-refractivity contribution in [3.05, 3.63) is 0 Å². The molecule has 5 atom stereocenters. The monoisotopic (exact) mass is 166 g/mol. The zero-order chi connectivity index (χ0) is 8.34. The van der Waals surface area contributed by atoms with Crippen LogP contribution in [0.1, 0.15) is 26.2 Å². The van der Waals surface area contributed by atoms with E-state index in [2.05, 4.69) is 6.92 Å². The minimum atomic E-state index is 0.299. The molecule has 0 aliphatic heterocycles. The van der Waals surface area contributed by atoms with E-state index in [4.69, 9.17) is 4.74 Å². The van der Waals surface area contributed by atoms with E-state index in [0.29, 0.717) is 23.9 Å². The van der Waals surface area contributed by atoms with Crippen LogP contribution in [0.3, 0.4) is 0 Å². The van der Waals surface area contributed by atoms with Gasteiger partial charge in [-0.2, -0.15) is 0 Å². The fraction of sp³-hybridized carbons (Fsp3) is 0.900. The van der Waals surface area contributed by atoms with Crippen molar-refractivity contribution >= 4 is 6.47 Å². The molecule has 0 radical (unpaired) electrons. The van der Waals surface area contributed by atoms with Crippen LogP contribution in [0.25, 0.3) is 0 Å². The summed E-state index contributed by atoms with van der Waals surface area (Å²) in [7, 11) is 0. The lowest BCUT2D eigenvalue weighted by Gasteiger charge is -2.11. The summed E-state index contributed by atoms with van der Waals surface area (Å²) in [6.07, 6.45) is 4.25. The number of rotatable bonds is 3.